The molecule has 2 aromatic rings. The second-order valence-corrected chi connectivity index (χ2v) is 5.35. The molecule has 4 heteroatoms. The molecule has 1 fully saturated rings. The quantitative estimate of drug-likeness (QED) is 0.865. The molecular formula is C15H21N3O. The third-order valence-electron chi connectivity index (χ3n) is 3.70. The summed E-state index contributed by atoms with van der Waals surface area (Å²) >= 11 is 0. The van der Waals surface area contributed by atoms with E-state index in [4.69, 9.17) is 9.84 Å². The molecule has 1 aromatic carbocycles. The predicted molar refractivity (Wildman–Crippen MR) is 76.1 cm³/mol. The third-order valence-corrected chi connectivity index (χ3v) is 3.70. The van der Waals surface area contributed by atoms with Crippen molar-refractivity contribution in [1.82, 2.24) is 15.1 Å². The van der Waals surface area contributed by atoms with Crippen molar-refractivity contribution in [3.63, 3.8) is 0 Å². The lowest BCUT2D eigenvalue weighted by atomic mass is 10.2. The van der Waals surface area contributed by atoms with Crippen molar-refractivity contribution in [2.24, 2.45) is 0 Å². The summed E-state index contributed by atoms with van der Waals surface area (Å²) in [4.78, 5) is 0. The molecule has 19 heavy (non-hydrogen) atoms. The molecule has 1 aromatic heterocycles. The molecule has 1 N–H and O–H groups in total. The molecule has 1 aliphatic rings. The van der Waals surface area contributed by atoms with Gasteiger partial charge in [0.1, 0.15) is 0 Å². The van der Waals surface area contributed by atoms with Gasteiger partial charge >= 0.3 is 0 Å². The summed E-state index contributed by atoms with van der Waals surface area (Å²) in [6.07, 6.45) is 2.78. The number of benzene rings is 1. The minimum Gasteiger partial charge on any atom is -0.380 e. The summed E-state index contributed by atoms with van der Waals surface area (Å²) in [7, 11) is 1.74. The standard InChI is InChI=1S/C15H21N3O/c1-11(19-2)10-18-15-6-4-3-5-13(15)14(17-18)9-16-12-7-8-12/h3-6,11-12,16H,7-10H2,1-2H3. The van der Waals surface area contributed by atoms with E-state index in [-0.39, 0.29) is 6.10 Å². The van der Waals surface area contributed by atoms with Crippen molar-refractivity contribution in [1.29, 1.82) is 0 Å². The second kappa shape index (κ2) is 5.31. The van der Waals surface area contributed by atoms with Gasteiger partial charge in [-0.1, -0.05) is 18.2 Å². The number of ether oxygens (including phenoxy) is 1. The highest BCUT2D eigenvalue weighted by atomic mass is 16.5. The normalized spacial score (nSPS) is 16.9. The van der Waals surface area contributed by atoms with Crippen molar-refractivity contribution >= 4 is 10.9 Å². The van der Waals surface area contributed by atoms with Crippen LogP contribution in [0.4, 0.5) is 0 Å². The van der Waals surface area contributed by atoms with Crippen LogP contribution in [0.1, 0.15) is 25.5 Å². The number of para-hydroxylation sites is 1. The highest BCUT2D eigenvalue weighted by Crippen LogP contribution is 2.22. The zero-order valence-electron chi connectivity index (χ0n) is 11.6. The lowest BCUT2D eigenvalue weighted by Crippen LogP contribution is -2.18. The summed E-state index contributed by atoms with van der Waals surface area (Å²) in [5.74, 6) is 0. The highest BCUT2D eigenvalue weighted by molar-refractivity contribution is 5.81. The molecule has 0 amide bonds. The number of methoxy groups -OCH3 is 1. The zero-order valence-corrected chi connectivity index (χ0v) is 11.6. The summed E-state index contributed by atoms with van der Waals surface area (Å²) in [5, 5.41) is 9.54. The summed E-state index contributed by atoms with van der Waals surface area (Å²) < 4.78 is 7.41. The topological polar surface area (TPSA) is 39.1 Å². The molecule has 4 nitrogen and oxygen atoms in total. The van der Waals surface area contributed by atoms with Gasteiger partial charge in [0.05, 0.1) is 23.9 Å². The van der Waals surface area contributed by atoms with E-state index in [9.17, 15) is 0 Å². The van der Waals surface area contributed by atoms with E-state index in [0.717, 1.165) is 18.8 Å². The van der Waals surface area contributed by atoms with Crippen molar-refractivity contribution in [3.8, 4) is 0 Å². The monoisotopic (exact) mass is 259 g/mol. The van der Waals surface area contributed by atoms with Crippen molar-refractivity contribution in [3.05, 3.63) is 30.0 Å². The van der Waals surface area contributed by atoms with Crippen LogP contribution in [-0.4, -0.2) is 29.0 Å². The fourth-order valence-electron chi connectivity index (χ4n) is 2.31. The van der Waals surface area contributed by atoms with Gasteiger partial charge in [-0.2, -0.15) is 5.10 Å². The lowest BCUT2D eigenvalue weighted by molar-refractivity contribution is 0.101. The summed E-state index contributed by atoms with van der Waals surface area (Å²) in [6, 6.07) is 9.14. The molecule has 0 bridgehead atoms. The molecule has 0 radical (unpaired) electrons. The Morgan fingerprint density at radius 3 is 2.95 bits per heavy atom. The summed E-state index contributed by atoms with van der Waals surface area (Å²) in [5.41, 5.74) is 2.34. The molecule has 1 aliphatic carbocycles. The largest absolute Gasteiger partial charge is 0.380 e. The minimum absolute atomic E-state index is 0.174. The van der Waals surface area contributed by atoms with E-state index >= 15 is 0 Å². The Bertz CT molecular complexity index is 560. The minimum atomic E-state index is 0.174. The van der Waals surface area contributed by atoms with Gasteiger partial charge < -0.3 is 10.1 Å². The number of fused-ring (bicyclic) bond motifs is 1. The SMILES string of the molecule is COC(C)Cn1nc(CNC2CC2)c2ccccc21. The molecule has 102 valence electrons. The molecular weight excluding hydrogens is 238 g/mol. The van der Waals surface area contributed by atoms with Crippen LogP contribution in [-0.2, 0) is 17.8 Å². The Morgan fingerprint density at radius 1 is 1.42 bits per heavy atom. The molecule has 1 atom stereocenters. The number of hydrogen-bond acceptors (Lipinski definition) is 3. The van der Waals surface area contributed by atoms with E-state index in [2.05, 4.69) is 41.2 Å². The van der Waals surface area contributed by atoms with Gasteiger partial charge in [-0.3, -0.25) is 4.68 Å². The van der Waals surface area contributed by atoms with Gasteiger partial charge in [-0.15, -0.1) is 0 Å². The Hall–Kier alpha value is -1.39. The average Bonchev–Trinajstić information content (AvgIpc) is 3.20. The van der Waals surface area contributed by atoms with E-state index in [1.807, 2.05) is 0 Å². The Labute approximate surface area is 113 Å². The Kier molecular flexibility index (Phi) is 3.53. The molecule has 3 rings (SSSR count). The smallest absolute Gasteiger partial charge is 0.0841 e. The van der Waals surface area contributed by atoms with Crippen LogP contribution in [0.3, 0.4) is 0 Å². The molecule has 0 aliphatic heterocycles. The van der Waals surface area contributed by atoms with E-state index < -0.39 is 0 Å². The fraction of sp³-hybridized carbons (Fsp3) is 0.533. The summed E-state index contributed by atoms with van der Waals surface area (Å²) in [6.45, 7) is 3.72. The predicted octanol–water partition coefficient (Wildman–Crippen LogP) is 2.32. The van der Waals surface area contributed by atoms with Crippen molar-refractivity contribution < 1.29 is 4.74 Å². The van der Waals surface area contributed by atoms with Crippen LogP contribution in [0.5, 0.6) is 0 Å². The maximum absolute atomic E-state index is 5.34. The number of rotatable bonds is 6. The lowest BCUT2D eigenvalue weighted by Gasteiger charge is -2.10. The second-order valence-electron chi connectivity index (χ2n) is 5.35. The first-order chi connectivity index (χ1) is 9.28. The van der Waals surface area contributed by atoms with E-state index in [0.29, 0.717) is 6.04 Å². The molecule has 1 unspecified atom stereocenters. The number of nitrogens with one attached hydrogen (secondary N) is 1. The first-order valence-electron chi connectivity index (χ1n) is 6.98. The van der Waals surface area contributed by atoms with Gasteiger partial charge in [-0.25, -0.2) is 0 Å². The first kappa shape index (κ1) is 12.6. The maximum Gasteiger partial charge on any atom is 0.0841 e. The van der Waals surface area contributed by atoms with Crippen molar-refractivity contribution in [2.75, 3.05) is 7.11 Å². The van der Waals surface area contributed by atoms with Crippen LogP contribution < -0.4 is 5.32 Å². The van der Waals surface area contributed by atoms with E-state index in [1.165, 1.54) is 23.7 Å². The molecule has 0 spiro atoms. The third kappa shape index (κ3) is 2.80. The number of hydrogen-bond donors (Lipinski definition) is 1. The van der Waals surface area contributed by atoms with Gasteiger partial charge in [-0.05, 0) is 25.8 Å². The van der Waals surface area contributed by atoms with Gasteiger partial charge in [0.25, 0.3) is 0 Å². The van der Waals surface area contributed by atoms with Crippen LogP contribution in [0.2, 0.25) is 0 Å². The van der Waals surface area contributed by atoms with Gasteiger partial charge in [0.2, 0.25) is 0 Å². The van der Waals surface area contributed by atoms with Crippen LogP contribution in [0, 0.1) is 0 Å². The molecule has 1 saturated carbocycles. The average molecular weight is 259 g/mol. The van der Waals surface area contributed by atoms with Gasteiger partial charge in [0, 0.05) is 25.1 Å². The molecule has 0 saturated heterocycles. The highest BCUT2D eigenvalue weighted by Gasteiger charge is 2.21. The van der Waals surface area contributed by atoms with Crippen LogP contribution >= 0.6 is 0 Å². The number of aromatic nitrogens is 2. The van der Waals surface area contributed by atoms with Crippen LogP contribution in [0.15, 0.2) is 24.3 Å². The maximum atomic E-state index is 5.34. The Balaban J connectivity index is 1.87. The van der Waals surface area contributed by atoms with Crippen LogP contribution in [0.25, 0.3) is 10.9 Å². The fourth-order valence-corrected chi connectivity index (χ4v) is 2.31. The number of nitrogens with zero attached hydrogens (tertiary/aromatic N) is 2. The van der Waals surface area contributed by atoms with Gasteiger partial charge in [0.15, 0.2) is 0 Å². The molecule has 1 heterocycles. The van der Waals surface area contributed by atoms with Crippen molar-refractivity contribution in [2.45, 2.75) is 45.0 Å². The van der Waals surface area contributed by atoms with E-state index in [1.54, 1.807) is 7.11 Å². The zero-order chi connectivity index (χ0) is 13.2. The Morgan fingerprint density at radius 2 is 2.21 bits per heavy atom. The first-order valence-corrected chi connectivity index (χ1v) is 6.98.